The smallest absolute Gasteiger partial charge is 0.181 e. The van der Waals surface area contributed by atoms with Crippen molar-refractivity contribution in [2.45, 2.75) is 0 Å². The van der Waals surface area contributed by atoms with Gasteiger partial charge < -0.3 is 0 Å². The molecule has 2 heterocycles. The Labute approximate surface area is 98.1 Å². The van der Waals surface area contributed by atoms with E-state index in [-0.39, 0.29) is 0 Å². The highest BCUT2D eigenvalue weighted by Gasteiger charge is 2.05. The van der Waals surface area contributed by atoms with Crippen molar-refractivity contribution < 1.29 is 0 Å². The quantitative estimate of drug-likeness (QED) is 0.724. The highest BCUT2D eigenvalue weighted by Crippen LogP contribution is 2.22. The number of hydrogen-bond donors (Lipinski definition) is 1. The molecular formula is C12H11N5. The molecule has 2 aromatic heterocycles. The van der Waals surface area contributed by atoms with Crippen molar-refractivity contribution in [1.82, 2.24) is 25.0 Å². The maximum absolute atomic E-state index is 4.28. The molecule has 0 bridgehead atoms. The molecule has 0 saturated heterocycles. The molecule has 0 radical (unpaired) electrons. The summed E-state index contributed by atoms with van der Waals surface area (Å²) in [6.45, 7) is 0. The largest absolute Gasteiger partial charge is 0.278 e. The van der Waals surface area contributed by atoms with E-state index in [0.29, 0.717) is 0 Å². The van der Waals surface area contributed by atoms with E-state index in [4.69, 9.17) is 0 Å². The predicted octanol–water partition coefficient (Wildman–Crippen LogP) is 1.87. The van der Waals surface area contributed by atoms with Gasteiger partial charge in [0.2, 0.25) is 0 Å². The van der Waals surface area contributed by atoms with Crippen molar-refractivity contribution in [2.24, 2.45) is 7.05 Å². The maximum atomic E-state index is 4.28. The van der Waals surface area contributed by atoms with Gasteiger partial charge in [0.05, 0.1) is 5.69 Å². The van der Waals surface area contributed by atoms with Gasteiger partial charge in [0.25, 0.3) is 0 Å². The van der Waals surface area contributed by atoms with Gasteiger partial charge in [-0.15, -0.1) is 0 Å². The summed E-state index contributed by atoms with van der Waals surface area (Å²) in [5, 5.41) is 11.2. The molecule has 3 aromatic rings. The van der Waals surface area contributed by atoms with Gasteiger partial charge in [0.1, 0.15) is 6.33 Å². The average Bonchev–Trinajstić information content (AvgIpc) is 3.00. The van der Waals surface area contributed by atoms with E-state index in [1.54, 1.807) is 17.2 Å². The number of rotatable bonds is 2. The number of aromatic nitrogens is 5. The van der Waals surface area contributed by atoms with Gasteiger partial charge in [-0.1, -0.05) is 18.2 Å². The van der Waals surface area contributed by atoms with E-state index in [1.807, 2.05) is 37.4 Å². The minimum absolute atomic E-state index is 0.730. The molecule has 17 heavy (non-hydrogen) atoms. The summed E-state index contributed by atoms with van der Waals surface area (Å²) in [6, 6.07) is 9.99. The first-order valence-electron chi connectivity index (χ1n) is 5.29. The molecule has 5 nitrogen and oxygen atoms in total. The van der Waals surface area contributed by atoms with Gasteiger partial charge in [-0.3, -0.25) is 9.78 Å². The molecule has 0 fully saturated rings. The van der Waals surface area contributed by atoms with E-state index >= 15 is 0 Å². The first-order valence-corrected chi connectivity index (χ1v) is 5.29. The van der Waals surface area contributed by atoms with E-state index in [1.165, 1.54) is 0 Å². The SMILES string of the molecule is Cn1cnc(-c2cccc(-c3ccn[nH]3)c2)n1. The van der Waals surface area contributed by atoms with Crippen molar-refractivity contribution in [1.29, 1.82) is 0 Å². The van der Waals surface area contributed by atoms with Crippen LogP contribution in [0.2, 0.25) is 0 Å². The van der Waals surface area contributed by atoms with Crippen molar-refractivity contribution in [3.8, 4) is 22.6 Å². The number of benzene rings is 1. The minimum Gasteiger partial charge on any atom is -0.278 e. The zero-order valence-corrected chi connectivity index (χ0v) is 9.33. The summed E-state index contributed by atoms with van der Waals surface area (Å²) in [7, 11) is 1.86. The van der Waals surface area contributed by atoms with Crippen molar-refractivity contribution in [3.63, 3.8) is 0 Å². The Morgan fingerprint density at radius 3 is 2.76 bits per heavy atom. The van der Waals surface area contributed by atoms with Gasteiger partial charge >= 0.3 is 0 Å². The fourth-order valence-electron chi connectivity index (χ4n) is 1.71. The van der Waals surface area contributed by atoms with E-state index in [2.05, 4.69) is 20.3 Å². The number of H-pyrrole nitrogens is 1. The Balaban J connectivity index is 2.05. The average molecular weight is 225 g/mol. The van der Waals surface area contributed by atoms with Crippen LogP contribution >= 0.6 is 0 Å². The summed E-state index contributed by atoms with van der Waals surface area (Å²) in [6.07, 6.45) is 3.43. The fraction of sp³-hybridized carbons (Fsp3) is 0.0833. The molecule has 0 amide bonds. The Bertz CT molecular complexity index is 624. The Morgan fingerprint density at radius 2 is 2.06 bits per heavy atom. The molecule has 0 saturated carbocycles. The topological polar surface area (TPSA) is 59.4 Å². The number of nitrogens with one attached hydrogen (secondary N) is 1. The van der Waals surface area contributed by atoms with Crippen LogP contribution in [0.4, 0.5) is 0 Å². The number of nitrogens with zero attached hydrogens (tertiary/aromatic N) is 4. The van der Waals surface area contributed by atoms with E-state index in [0.717, 1.165) is 22.6 Å². The van der Waals surface area contributed by atoms with E-state index in [9.17, 15) is 0 Å². The molecular weight excluding hydrogens is 214 g/mol. The predicted molar refractivity (Wildman–Crippen MR) is 64.0 cm³/mol. The molecule has 1 aromatic carbocycles. The van der Waals surface area contributed by atoms with E-state index < -0.39 is 0 Å². The van der Waals surface area contributed by atoms with Gasteiger partial charge in [-0.2, -0.15) is 10.2 Å². The second-order valence-electron chi connectivity index (χ2n) is 3.79. The monoisotopic (exact) mass is 225 g/mol. The van der Waals surface area contributed by atoms with Crippen molar-refractivity contribution in [3.05, 3.63) is 42.9 Å². The van der Waals surface area contributed by atoms with Gasteiger partial charge in [-0.05, 0) is 12.1 Å². The zero-order valence-electron chi connectivity index (χ0n) is 9.33. The second-order valence-corrected chi connectivity index (χ2v) is 3.79. The lowest BCUT2D eigenvalue weighted by Gasteiger charge is -2.00. The number of aryl methyl sites for hydroxylation is 1. The van der Waals surface area contributed by atoms with Crippen LogP contribution in [0.3, 0.4) is 0 Å². The van der Waals surface area contributed by atoms with Gasteiger partial charge in [0, 0.05) is 24.4 Å². The number of hydrogen-bond acceptors (Lipinski definition) is 3. The maximum Gasteiger partial charge on any atom is 0.181 e. The first-order chi connectivity index (χ1) is 8.33. The second kappa shape index (κ2) is 3.86. The lowest BCUT2D eigenvalue weighted by atomic mass is 10.1. The third kappa shape index (κ3) is 1.82. The lowest BCUT2D eigenvalue weighted by Crippen LogP contribution is -1.88. The molecule has 0 aliphatic carbocycles. The summed E-state index contributed by atoms with van der Waals surface area (Å²) in [5.74, 6) is 0.730. The van der Waals surface area contributed by atoms with Crippen LogP contribution in [0.1, 0.15) is 0 Å². The summed E-state index contributed by atoms with van der Waals surface area (Å²) in [4.78, 5) is 4.23. The van der Waals surface area contributed by atoms with Crippen LogP contribution in [0.25, 0.3) is 22.6 Å². The lowest BCUT2D eigenvalue weighted by molar-refractivity contribution is 0.768. The third-order valence-corrected chi connectivity index (χ3v) is 2.53. The molecule has 0 aliphatic rings. The first kappa shape index (κ1) is 9.77. The van der Waals surface area contributed by atoms with Crippen LogP contribution in [-0.2, 0) is 7.05 Å². The molecule has 1 N–H and O–H groups in total. The molecule has 5 heteroatoms. The summed E-state index contributed by atoms with van der Waals surface area (Å²) < 4.78 is 1.69. The molecule has 3 rings (SSSR count). The third-order valence-electron chi connectivity index (χ3n) is 2.53. The normalized spacial score (nSPS) is 10.6. The van der Waals surface area contributed by atoms with Crippen LogP contribution in [0, 0.1) is 0 Å². The van der Waals surface area contributed by atoms with Crippen molar-refractivity contribution >= 4 is 0 Å². The Hall–Kier alpha value is -2.43. The minimum atomic E-state index is 0.730. The molecule has 0 spiro atoms. The Kier molecular flexibility index (Phi) is 2.22. The van der Waals surface area contributed by atoms with Crippen molar-refractivity contribution in [2.75, 3.05) is 0 Å². The van der Waals surface area contributed by atoms with Crippen LogP contribution < -0.4 is 0 Å². The number of aromatic amines is 1. The van der Waals surface area contributed by atoms with Crippen LogP contribution in [0.15, 0.2) is 42.9 Å². The molecule has 0 atom stereocenters. The summed E-state index contributed by atoms with van der Waals surface area (Å²) in [5.41, 5.74) is 3.06. The Morgan fingerprint density at radius 1 is 1.18 bits per heavy atom. The van der Waals surface area contributed by atoms with Gasteiger partial charge in [-0.25, -0.2) is 4.98 Å². The molecule has 0 unspecified atom stereocenters. The van der Waals surface area contributed by atoms with Gasteiger partial charge in [0.15, 0.2) is 5.82 Å². The fourth-order valence-corrected chi connectivity index (χ4v) is 1.71. The summed E-state index contributed by atoms with van der Waals surface area (Å²) >= 11 is 0. The standard InChI is InChI=1S/C12H11N5/c1-17-8-13-12(16-17)10-4-2-3-9(7-10)11-5-6-14-15-11/h2-8H,1H3,(H,14,15). The molecule has 84 valence electrons. The van der Waals surface area contributed by atoms with Crippen LogP contribution in [0.5, 0.6) is 0 Å². The highest BCUT2D eigenvalue weighted by molar-refractivity contribution is 5.67. The van der Waals surface area contributed by atoms with Crippen LogP contribution in [-0.4, -0.2) is 25.0 Å². The zero-order chi connectivity index (χ0) is 11.7. The highest BCUT2D eigenvalue weighted by atomic mass is 15.3. The molecule has 0 aliphatic heterocycles.